The van der Waals surface area contributed by atoms with Crippen LogP contribution in [0.2, 0.25) is 0 Å². The first-order chi connectivity index (χ1) is 3.27. The van der Waals surface area contributed by atoms with Crippen LogP contribution in [-0.2, 0) is 4.79 Å². The van der Waals surface area contributed by atoms with Crippen LogP contribution in [0, 0.1) is 0 Å². The van der Waals surface area contributed by atoms with Crippen LogP contribution in [-0.4, -0.2) is 38.6 Å². The van der Waals surface area contributed by atoms with E-state index in [9.17, 15) is 9.90 Å². The number of aliphatic carboxylic acids is 1. The van der Waals surface area contributed by atoms with E-state index >= 15 is 0 Å². The SMILES string of the molecule is O=C([O-])C=CCBr.[Tl+]. The molecule has 0 aliphatic carbocycles. The van der Waals surface area contributed by atoms with Gasteiger partial charge in [-0.3, -0.25) is 0 Å². The van der Waals surface area contributed by atoms with Crippen molar-refractivity contribution in [3.63, 3.8) is 0 Å². The second kappa shape index (κ2) is 7.61. The fraction of sp³-hybridized carbons (Fsp3) is 0.250. The van der Waals surface area contributed by atoms with Crippen LogP contribution in [0.3, 0.4) is 0 Å². The van der Waals surface area contributed by atoms with Crippen molar-refractivity contribution in [1.29, 1.82) is 0 Å². The summed E-state index contributed by atoms with van der Waals surface area (Å²) in [5.74, 6) is -1.15. The van der Waals surface area contributed by atoms with E-state index in [0.717, 1.165) is 6.08 Å². The van der Waals surface area contributed by atoms with Gasteiger partial charge in [-0.25, -0.2) is 0 Å². The Kier molecular flexibility index (Phi) is 10.9. The van der Waals surface area contributed by atoms with E-state index in [1.54, 1.807) is 0 Å². The molecule has 0 saturated carbocycles. The Morgan fingerprint density at radius 3 is 2.38 bits per heavy atom. The van der Waals surface area contributed by atoms with Crippen LogP contribution < -0.4 is 5.11 Å². The van der Waals surface area contributed by atoms with E-state index in [-0.39, 0.29) is 27.3 Å². The Morgan fingerprint density at radius 1 is 1.75 bits per heavy atom. The van der Waals surface area contributed by atoms with Crippen LogP contribution in [0.25, 0.3) is 0 Å². The van der Waals surface area contributed by atoms with Gasteiger partial charge in [-0.1, -0.05) is 22.0 Å². The van der Waals surface area contributed by atoms with E-state index in [0.29, 0.717) is 5.33 Å². The fourth-order valence-electron chi connectivity index (χ4n) is 0.141. The van der Waals surface area contributed by atoms with Gasteiger partial charge in [0.2, 0.25) is 0 Å². The number of alkyl halides is 1. The molecular formula is C4H4BrO2Tl. The third-order valence-corrected chi connectivity index (χ3v) is 0.717. The summed E-state index contributed by atoms with van der Waals surface area (Å²) in [6, 6.07) is 0. The minimum Gasteiger partial charge on any atom is -0.545 e. The predicted octanol–water partition coefficient (Wildman–Crippen LogP) is -0.693. The van der Waals surface area contributed by atoms with Crippen LogP contribution in [0.15, 0.2) is 12.2 Å². The number of hydrogen-bond acceptors (Lipinski definition) is 2. The predicted molar refractivity (Wildman–Crippen MR) is 33.7 cm³/mol. The number of carboxylic acid groups (broad SMARTS) is 1. The second-order valence-corrected chi connectivity index (χ2v) is 1.52. The quantitative estimate of drug-likeness (QED) is 0.368. The Balaban J connectivity index is 0. The van der Waals surface area contributed by atoms with Crippen molar-refractivity contribution < 1.29 is 9.90 Å². The first kappa shape index (κ1) is 11.4. The fourth-order valence-corrected chi connectivity index (χ4v) is 0.328. The van der Waals surface area contributed by atoms with Crippen molar-refractivity contribution in [2.45, 2.75) is 0 Å². The van der Waals surface area contributed by atoms with E-state index in [1.807, 2.05) is 0 Å². The Bertz CT molecular complexity index is 92.0. The third kappa shape index (κ3) is 9.79. The number of halogens is 1. The summed E-state index contributed by atoms with van der Waals surface area (Å²) in [6.07, 6.45) is 2.43. The van der Waals surface area contributed by atoms with Crippen LogP contribution in [0.1, 0.15) is 0 Å². The average molecular weight is 368 g/mol. The molecule has 4 heteroatoms. The first-order valence-electron chi connectivity index (χ1n) is 1.71. The van der Waals surface area contributed by atoms with Gasteiger partial charge in [0.05, 0.1) is 5.97 Å². The number of carbonyl (C=O) groups excluding carboxylic acids is 1. The van der Waals surface area contributed by atoms with Crippen LogP contribution >= 0.6 is 15.9 Å². The molecule has 0 unspecified atom stereocenters. The molecule has 0 aromatic carbocycles. The number of rotatable bonds is 2. The van der Waals surface area contributed by atoms with Gasteiger partial charge in [0.25, 0.3) is 0 Å². The maximum Gasteiger partial charge on any atom is 1.00 e. The number of allylic oxidation sites excluding steroid dienone is 1. The maximum atomic E-state index is 9.54. The van der Waals surface area contributed by atoms with Crippen molar-refractivity contribution in [3.8, 4) is 0 Å². The van der Waals surface area contributed by atoms with Crippen molar-refractivity contribution >= 4 is 49.2 Å². The molecule has 0 amide bonds. The van der Waals surface area contributed by atoms with Gasteiger partial charge >= 0.3 is 27.3 Å². The standard InChI is InChI=1S/C4H5BrO2.Tl/c5-3-1-2-4(6)7;/h1-2H,3H2,(H,6,7);/q;+1/p-1. The normalized spacial score (nSPS) is 8.62. The number of hydrogen-bond donors (Lipinski definition) is 0. The van der Waals surface area contributed by atoms with Gasteiger partial charge in [0.15, 0.2) is 0 Å². The molecular weight excluding hydrogens is 364 g/mol. The zero-order valence-electron chi connectivity index (χ0n) is 4.13. The van der Waals surface area contributed by atoms with Gasteiger partial charge in [0.1, 0.15) is 0 Å². The smallest absolute Gasteiger partial charge is 0.545 e. The number of carboxylic acids is 1. The molecule has 0 radical (unpaired) electrons. The van der Waals surface area contributed by atoms with Gasteiger partial charge in [-0.2, -0.15) is 0 Å². The maximum absolute atomic E-state index is 9.54. The molecule has 0 bridgehead atoms. The molecule has 0 atom stereocenters. The van der Waals surface area contributed by atoms with Gasteiger partial charge < -0.3 is 9.90 Å². The zero-order chi connectivity index (χ0) is 5.70. The molecule has 8 heavy (non-hydrogen) atoms. The Morgan fingerprint density at radius 2 is 2.25 bits per heavy atom. The number of carbonyl (C=O) groups is 1. The molecule has 2 nitrogen and oxygen atoms in total. The molecule has 0 aromatic heterocycles. The Hall–Kier alpha value is 0.612. The summed E-state index contributed by atoms with van der Waals surface area (Å²) in [5, 5.41) is 10.1. The van der Waals surface area contributed by atoms with Gasteiger partial charge in [0, 0.05) is 5.33 Å². The molecule has 0 saturated heterocycles. The van der Waals surface area contributed by atoms with Gasteiger partial charge in [-0.15, -0.1) is 0 Å². The van der Waals surface area contributed by atoms with Gasteiger partial charge in [-0.05, 0) is 6.08 Å². The summed E-state index contributed by atoms with van der Waals surface area (Å²) in [5.41, 5.74) is 0. The van der Waals surface area contributed by atoms with Crippen molar-refractivity contribution in [2.75, 3.05) is 5.33 Å². The third-order valence-electron chi connectivity index (χ3n) is 0.343. The molecule has 0 aromatic rings. The summed E-state index contributed by atoms with van der Waals surface area (Å²) >= 11 is 3.00. The molecule has 0 N–H and O–H groups in total. The summed E-state index contributed by atoms with van der Waals surface area (Å²) in [7, 11) is 0. The van der Waals surface area contributed by atoms with Crippen LogP contribution in [0.4, 0.5) is 0 Å². The molecule has 0 aliphatic heterocycles. The van der Waals surface area contributed by atoms with E-state index in [2.05, 4.69) is 15.9 Å². The van der Waals surface area contributed by atoms with Crippen molar-refractivity contribution in [2.24, 2.45) is 0 Å². The Labute approximate surface area is 76.3 Å². The largest absolute Gasteiger partial charge is 1.00 e. The minimum atomic E-state index is -1.15. The average Bonchev–Trinajstić information content (AvgIpc) is 1.61. The topological polar surface area (TPSA) is 40.1 Å². The monoisotopic (exact) mass is 368 g/mol. The van der Waals surface area contributed by atoms with Crippen molar-refractivity contribution in [3.05, 3.63) is 12.2 Å². The molecule has 0 rings (SSSR count). The summed E-state index contributed by atoms with van der Waals surface area (Å²) in [6.45, 7) is 0. The molecule has 0 fully saturated rings. The zero-order valence-corrected chi connectivity index (χ0v) is 10.2. The molecule has 42 valence electrons. The van der Waals surface area contributed by atoms with E-state index < -0.39 is 5.97 Å². The summed E-state index contributed by atoms with van der Waals surface area (Å²) < 4.78 is 0. The van der Waals surface area contributed by atoms with E-state index in [1.165, 1.54) is 6.08 Å². The molecule has 0 spiro atoms. The van der Waals surface area contributed by atoms with E-state index in [4.69, 9.17) is 0 Å². The van der Waals surface area contributed by atoms with Crippen molar-refractivity contribution in [1.82, 2.24) is 0 Å². The minimum absolute atomic E-state index is 0. The summed E-state index contributed by atoms with van der Waals surface area (Å²) in [4.78, 5) is 9.54. The molecule has 0 heterocycles. The first-order valence-corrected chi connectivity index (χ1v) is 2.83. The second-order valence-electron chi connectivity index (χ2n) is 0.876. The van der Waals surface area contributed by atoms with Crippen LogP contribution in [0.5, 0.6) is 0 Å². The molecule has 0 aliphatic rings.